The van der Waals surface area contributed by atoms with Crippen molar-refractivity contribution in [3.05, 3.63) is 37.9 Å². The number of hydrogen-bond donors (Lipinski definition) is 3. The van der Waals surface area contributed by atoms with Crippen LogP contribution in [0, 0.1) is 38.0 Å². The minimum Gasteiger partial charge on any atom is -0.501 e. The topological polar surface area (TPSA) is 170 Å². The Kier molecular flexibility index (Phi) is 5.76. The summed E-state index contributed by atoms with van der Waals surface area (Å²) in [5.74, 6) is 0.136. The molecular formula is C16H21N3O7. The number of benzene rings is 1. The van der Waals surface area contributed by atoms with Gasteiger partial charge in [0.05, 0.1) is 15.9 Å². The van der Waals surface area contributed by atoms with Crippen molar-refractivity contribution in [3.8, 4) is 5.75 Å². The van der Waals surface area contributed by atoms with E-state index in [0.29, 0.717) is 18.2 Å². The smallest absolute Gasteiger partial charge is 0.340 e. The summed E-state index contributed by atoms with van der Waals surface area (Å²) < 4.78 is 0. The van der Waals surface area contributed by atoms with Crippen molar-refractivity contribution in [1.29, 1.82) is 0 Å². The van der Waals surface area contributed by atoms with E-state index in [-0.39, 0.29) is 0 Å². The molecule has 4 unspecified atom stereocenters. The van der Waals surface area contributed by atoms with E-state index in [4.69, 9.17) is 10.8 Å². The molecule has 1 aromatic rings. The molecule has 0 spiro atoms. The van der Waals surface area contributed by atoms with Crippen LogP contribution in [-0.4, -0.2) is 32.1 Å². The van der Waals surface area contributed by atoms with E-state index in [0.717, 1.165) is 17.8 Å². The normalized spacial score (nSPS) is 24.5. The molecule has 3 rings (SSSR count). The largest absolute Gasteiger partial charge is 0.501 e. The lowest BCUT2D eigenvalue weighted by Crippen LogP contribution is -2.30. The minimum atomic E-state index is -1.69. The molecule has 2 aliphatic rings. The second-order valence-electron chi connectivity index (χ2n) is 6.88. The van der Waals surface area contributed by atoms with E-state index >= 15 is 0 Å². The van der Waals surface area contributed by atoms with Crippen molar-refractivity contribution in [1.82, 2.24) is 0 Å². The number of nitrogens with zero attached hydrogens (tertiary/aromatic N) is 2. The molecule has 4 atom stereocenters. The number of carboxylic acids is 1. The molecular weight excluding hydrogens is 346 g/mol. The Hall–Kier alpha value is -2.75. The third-order valence-corrected chi connectivity index (χ3v) is 5.18. The van der Waals surface area contributed by atoms with Gasteiger partial charge in [-0.15, -0.1) is 0 Å². The maximum absolute atomic E-state index is 10.6. The maximum atomic E-state index is 10.6. The lowest BCUT2D eigenvalue weighted by atomic mass is 9.84. The number of nitro groups is 2. The van der Waals surface area contributed by atoms with Crippen LogP contribution in [0.5, 0.6) is 5.75 Å². The fraction of sp³-hybridized carbons (Fsp3) is 0.562. The van der Waals surface area contributed by atoms with Gasteiger partial charge >= 0.3 is 11.7 Å². The van der Waals surface area contributed by atoms with Crippen molar-refractivity contribution in [2.24, 2.45) is 23.5 Å². The van der Waals surface area contributed by atoms with Gasteiger partial charge in [-0.05, 0) is 43.9 Å². The summed E-state index contributed by atoms with van der Waals surface area (Å²) in [7, 11) is 0. The molecule has 0 aliphatic heterocycles. The SMILES string of the molecule is CC(N)C1CC2CCC1C2.O=C(O)c1cc([N+](=O)[O-])cc([N+](=O)[O-])c1O. The van der Waals surface area contributed by atoms with E-state index in [1.165, 1.54) is 25.7 Å². The van der Waals surface area contributed by atoms with Crippen LogP contribution < -0.4 is 5.73 Å². The van der Waals surface area contributed by atoms with Crippen LogP contribution in [0.25, 0.3) is 0 Å². The highest BCUT2D eigenvalue weighted by Gasteiger charge is 2.40. The Labute approximate surface area is 148 Å². The van der Waals surface area contributed by atoms with Gasteiger partial charge < -0.3 is 15.9 Å². The molecule has 26 heavy (non-hydrogen) atoms. The molecule has 2 bridgehead atoms. The predicted molar refractivity (Wildman–Crippen MR) is 91.0 cm³/mol. The number of hydrogen-bond acceptors (Lipinski definition) is 7. The number of nitro benzene ring substituents is 2. The van der Waals surface area contributed by atoms with Gasteiger partial charge in [0.25, 0.3) is 5.69 Å². The Morgan fingerprint density at radius 1 is 1.23 bits per heavy atom. The van der Waals surface area contributed by atoms with Crippen LogP contribution in [0.3, 0.4) is 0 Å². The Morgan fingerprint density at radius 2 is 1.88 bits per heavy atom. The number of rotatable bonds is 4. The second-order valence-corrected chi connectivity index (χ2v) is 6.88. The lowest BCUT2D eigenvalue weighted by Gasteiger charge is -2.24. The molecule has 0 amide bonds. The van der Waals surface area contributed by atoms with E-state index < -0.39 is 38.5 Å². The lowest BCUT2D eigenvalue weighted by molar-refractivity contribution is -0.394. The Bertz CT molecular complexity index is 700. The summed E-state index contributed by atoms with van der Waals surface area (Å²) in [6.45, 7) is 2.17. The number of non-ortho nitro benzene ring substituents is 1. The first-order valence-electron chi connectivity index (χ1n) is 8.26. The average Bonchev–Trinajstić information content (AvgIpc) is 3.18. The van der Waals surface area contributed by atoms with Gasteiger partial charge in [0.1, 0.15) is 5.56 Å². The molecule has 10 nitrogen and oxygen atoms in total. The van der Waals surface area contributed by atoms with Gasteiger partial charge in [-0.2, -0.15) is 0 Å². The Balaban J connectivity index is 0.000000206. The molecule has 2 saturated carbocycles. The number of aromatic carboxylic acids is 1. The zero-order valence-corrected chi connectivity index (χ0v) is 14.2. The Morgan fingerprint density at radius 3 is 2.23 bits per heavy atom. The molecule has 2 aliphatic carbocycles. The van der Waals surface area contributed by atoms with E-state index in [1.807, 2.05) is 0 Å². The van der Waals surface area contributed by atoms with Gasteiger partial charge in [0, 0.05) is 12.1 Å². The third kappa shape index (κ3) is 4.07. The highest BCUT2D eigenvalue weighted by atomic mass is 16.6. The van der Waals surface area contributed by atoms with E-state index in [1.54, 1.807) is 0 Å². The van der Waals surface area contributed by atoms with Gasteiger partial charge in [-0.25, -0.2) is 4.79 Å². The first kappa shape index (κ1) is 19.6. The first-order chi connectivity index (χ1) is 12.1. The average molecular weight is 367 g/mol. The van der Waals surface area contributed by atoms with E-state index in [9.17, 15) is 30.1 Å². The van der Waals surface area contributed by atoms with Crippen LogP contribution in [0.2, 0.25) is 0 Å². The molecule has 0 heterocycles. The first-order valence-corrected chi connectivity index (χ1v) is 8.26. The summed E-state index contributed by atoms with van der Waals surface area (Å²) in [6, 6.07) is 1.49. The van der Waals surface area contributed by atoms with Crippen molar-refractivity contribution in [2.45, 2.75) is 38.6 Å². The molecule has 1 aromatic carbocycles. The highest BCUT2D eigenvalue weighted by molar-refractivity contribution is 5.93. The number of carboxylic acid groups (broad SMARTS) is 1. The van der Waals surface area contributed by atoms with Crippen LogP contribution in [0.4, 0.5) is 11.4 Å². The van der Waals surface area contributed by atoms with Gasteiger partial charge in [-0.1, -0.05) is 6.42 Å². The monoisotopic (exact) mass is 367 g/mol. The summed E-state index contributed by atoms with van der Waals surface area (Å²) in [5.41, 5.74) is 3.20. The zero-order valence-electron chi connectivity index (χ0n) is 14.2. The van der Waals surface area contributed by atoms with Crippen molar-refractivity contribution >= 4 is 17.3 Å². The summed E-state index contributed by atoms with van der Waals surface area (Å²) >= 11 is 0. The molecule has 0 aromatic heterocycles. The standard InChI is InChI=1S/C9H17N.C7H4N2O7/c1-6(10)9-5-7-2-3-8(9)4-7;10-6-4(7(11)12)1-3(8(13)14)2-5(6)9(15)16/h6-9H,2-5,10H2,1H3;1-2,10H,(H,11,12). The van der Waals surface area contributed by atoms with Gasteiger partial charge in [-0.3, -0.25) is 20.2 Å². The minimum absolute atomic E-state index is 0.454. The van der Waals surface area contributed by atoms with Crippen molar-refractivity contribution in [3.63, 3.8) is 0 Å². The van der Waals surface area contributed by atoms with Crippen molar-refractivity contribution < 1.29 is 24.9 Å². The number of carbonyl (C=O) groups is 1. The molecule has 0 radical (unpaired) electrons. The van der Waals surface area contributed by atoms with Crippen LogP contribution in [0.15, 0.2) is 12.1 Å². The van der Waals surface area contributed by atoms with Gasteiger partial charge in [0.15, 0.2) is 0 Å². The summed E-state index contributed by atoms with van der Waals surface area (Å²) in [6.07, 6.45) is 5.89. The van der Waals surface area contributed by atoms with Crippen LogP contribution in [-0.2, 0) is 0 Å². The van der Waals surface area contributed by atoms with Crippen LogP contribution in [0.1, 0.15) is 43.0 Å². The molecule has 10 heteroatoms. The van der Waals surface area contributed by atoms with E-state index in [2.05, 4.69) is 6.92 Å². The molecule has 0 saturated heterocycles. The van der Waals surface area contributed by atoms with Crippen molar-refractivity contribution in [2.75, 3.05) is 0 Å². The number of aromatic hydroxyl groups is 1. The second kappa shape index (κ2) is 7.65. The van der Waals surface area contributed by atoms with Crippen LogP contribution >= 0.6 is 0 Å². The maximum Gasteiger partial charge on any atom is 0.340 e. The fourth-order valence-corrected chi connectivity index (χ4v) is 3.95. The molecule has 4 N–H and O–H groups in total. The number of nitrogens with two attached hydrogens (primary N) is 1. The highest BCUT2D eigenvalue weighted by Crippen LogP contribution is 2.49. The van der Waals surface area contributed by atoms with Gasteiger partial charge in [0.2, 0.25) is 5.75 Å². The fourth-order valence-electron chi connectivity index (χ4n) is 3.95. The molecule has 142 valence electrons. The zero-order chi connectivity index (χ0) is 19.6. The predicted octanol–water partition coefficient (Wildman–Crippen LogP) is 2.68. The summed E-state index contributed by atoms with van der Waals surface area (Å²) in [4.78, 5) is 29.2. The summed E-state index contributed by atoms with van der Waals surface area (Å²) in [5, 5.41) is 38.5. The third-order valence-electron chi connectivity index (χ3n) is 5.18. The quantitative estimate of drug-likeness (QED) is 0.538. The molecule has 2 fully saturated rings. The number of fused-ring (bicyclic) bond motifs is 2. The number of phenols is 1.